The number of esters is 1. The smallest absolute Gasteiger partial charge is 0.326 e. The predicted molar refractivity (Wildman–Crippen MR) is 46.9 cm³/mol. The second-order valence-corrected chi connectivity index (χ2v) is 3.79. The summed E-state index contributed by atoms with van der Waals surface area (Å²) in [6.45, 7) is 9.39. The van der Waals surface area contributed by atoms with Crippen LogP contribution >= 0.6 is 0 Å². The molecule has 1 fully saturated rings. The van der Waals surface area contributed by atoms with Crippen molar-refractivity contribution in [1.82, 2.24) is 4.90 Å². The van der Waals surface area contributed by atoms with E-state index in [-0.39, 0.29) is 5.97 Å². The SMILES string of the molecule is CCN1C(C)COC(=O)C1(C)C. The standard InChI is InChI=1S/C9H17NO2/c1-5-10-7(2)6-12-8(11)9(10,3)4/h7H,5-6H2,1-4H3. The van der Waals surface area contributed by atoms with Crippen molar-refractivity contribution in [3.05, 3.63) is 0 Å². The molecule has 1 saturated heterocycles. The fraction of sp³-hybridized carbons (Fsp3) is 0.889. The van der Waals surface area contributed by atoms with E-state index < -0.39 is 5.54 Å². The zero-order valence-electron chi connectivity index (χ0n) is 8.26. The molecule has 0 aromatic carbocycles. The molecule has 0 amide bonds. The molecule has 0 spiro atoms. The van der Waals surface area contributed by atoms with Crippen molar-refractivity contribution in [2.45, 2.75) is 39.3 Å². The lowest BCUT2D eigenvalue weighted by molar-refractivity contribution is -0.170. The normalized spacial score (nSPS) is 30.0. The third kappa shape index (κ3) is 1.33. The van der Waals surface area contributed by atoms with Crippen molar-refractivity contribution in [1.29, 1.82) is 0 Å². The van der Waals surface area contributed by atoms with Crippen molar-refractivity contribution in [3.63, 3.8) is 0 Å². The van der Waals surface area contributed by atoms with Gasteiger partial charge in [-0.3, -0.25) is 9.69 Å². The lowest BCUT2D eigenvalue weighted by atomic mass is 9.99. The first-order valence-corrected chi connectivity index (χ1v) is 4.44. The van der Waals surface area contributed by atoms with E-state index in [2.05, 4.69) is 18.7 Å². The molecule has 1 rings (SSSR count). The van der Waals surface area contributed by atoms with E-state index in [1.807, 2.05) is 13.8 Å². The van der Waals surface area contributed by atoms with Gasteiger partial charge in [-0.1, -0.05) is 6.92 Å². The number of rotatable bonds is 1. The van der Waals surface area contributed by atoms with Gasteiger partial charge in [0, 0.05) is 6.04 Å². The van der Waals surface area contributed by atoms with Crippen molar-refractivity contribution in [2.75, 3.05) is 13.2 Å². The third-order valence-corrected chi connectivity index (χ3v) is 2.55. The number of hydrogen-bond acceptors (Lipinski definition) is 3. The summed E-state index contributed by atoms with van der Waals surface area (Å²) in [5.74, 6) is -0.109. The number of ether oxygens (including phenoxy) is 1. The molecule has 0 radical (unpaired) electrons. The largest absolute Gasteiger partial charge is 0.463 e. The molecule has 1 atom stereocenters. The highest BCUT2D eigenvalue weighted by molar-refractivity contribution is 5.80. The molecular weight excluding hydrogens is 154 g/mol. The Kier molecular flexibility index (Phi) is 2.42. The Morgan fingerprint density at radius 2 is 2.25 bits per heavy atom. The molecule has 0 aromatic heterocycles. The number of nitrogens with zero attached hydrogens (tertiary/aromatic N) is 1. The molecular formula is C9H17NO2. The predicted octanol–water partition coefficient (Wildman–Crippen LogP) is 1.03. The minimum Gasteiger partial charge on any atom is -0.463 e. The maximum atomic E-state index is 11.4. The van der Waals surface area contributed by atoms with E-state index in [1.54, 1.807) is 0 Å². The Hall–Kier alpha value is -0.570. The summed E-state index contributed by atoms with van der Waals surface area (Å²) in [6.07, 6.45) is 0. The highest BCUT2D eigenvalue weighted by Gasteiger charge is 2.41. The molecule has 0 aliphatic carbocycles. The molecule has 0 saturated carbocycles. The van der Waals surface area contributed by atoms with E-state index >= 15 is 0 Å². The molecule has 12 heavy (non-hydrogen) atoms. The molecule has 0 N–H and O–H groups in total. The molecule has 1 heterocycles. The summed E-state index contributed by atoms with van der Waals surface area (Å²) in [5, 5.41) is 0. The van der Waals surface area contributed by atoms with E-state index in [9.17, 15) is 4.79 Å². The van der Waals surface area contributed by atoms with E-state index in [4.69, 9.17) is 4.74 Å². The topological polar surface area (TPSA) is 29.5 Å². The summed E-state index contributed by atoms with van der Waals surface area (Å²) < 4.78 is 5.06. The minimum atomic E-state index is -0.452. The Morgan fingerprint density at radius 1 is 1.67 bits per heavy atom. The van der Waals surface area contributed by atoms with E-state index in [0.717, 1.165) is 6.54 Å². The van der Waals surface area contributed by atoms with Crippen LogP contribution in [0.3, 0.4) is 0 Å². The summed E-state index contributed by atoms with van der Waals surface area (Å²) in [6, 6.07) is 0.336. The average molecular weight is 171 g/mol. The molecule has 0 bridgehead atoms. The fourth-order valence-electron chi connectivity index (χ4n) is 1.84. The van der Waals surface area contributed by atoms with Gasteiger partial charge in [0.2, 0.25) is 0 Å². The van der Waals surface area contributed by atoms with Crippen LogP contribution in [0.5, 0.6) is 0 Å². The number of likely N-dealkylation sites (N-methyl/N-ethyl adjacent to an activating group) is 1. The van der Waals surface area contributed by atoms with Crippen LogP contribution in [0.2, 0.25) is 0 Å². The highest BCUT2D eigenvalue weighted by atomic mass is 16.5. The first kappa shape index (κ1) is 9.52. The van der Waals surface area contributed by atoms with E-state index in [0.29, 0.717) is 12.6 Å². The molecule has 70 valence electrons. The summed E-state index contributed by atoms with van der Waals surface area (Å²) in [7, 11) is 0. The molecule has 1 aliphatic rings. The number of hydrogen-bond donors (Lipinski definition) is 0. The van der Waals surface area contributed by atoms with Crippen molar-refractivity contribution in [2.24, 2.45) is 0 Å². The van der Waals surface area contributed by atoms with Crippen molar-refractivity contribution >= 4 is 5.97 Å². The van der Waals surface area contributed by atoms with Crippen LogP contribution in [0.15, 0.2) is 0 Å². The maximum absolute atomic E-state index is 11.4. The molecule has 3 nitrogen and oxygen atoms in total. The van der Waals surface area contributed by atoms with Crippen LogP contribution in [0, 0.1) is 0 Å². The van der Waals surface area contributed by atoms with Gasteiger partial charge in [0.25, 0.3) is 0 Å². The first-order valence-electron chi connectivity index (χ1n) is 4.44. The molecule has 1 unspecified atom stereocenters. The van der Waals surface area contributed by atoms with Gasteiger partial charge in [-0.25, -0.2) is 0 Å². The van der Waals surface area contributed by atoms with Crippen molar-refractivity contribution < 1.29 is 9.53 Å². The van der Waals surface area contributed by atoms with Gasteiger partial charge in [0.1, 0.15) is 12.1 Å². The van der Waals surface area contributed by atoms with Gasteiger partial charge in [0.05, 0.1) is 0 Å². The molecule has 3 heteroatoms. The van der Waals surface area contributed by atoms with Crippen LogP contribution in [0.1, 0.15) is 27.7 Å². The second kappa shape index (κ2) is 3.05. The quantitative estimate of drug-likeness (QED) is 0.552. The Morgan fingerprint density at radius 3 is 2.67 bits per heavy atom. The Bertz CT molecular complexity index is 189. The fourth-order valence-corrected chi connectivity index (χ4v) is 1.84. The molecule has 0 aromatic rings. The highest BCUT2D eigenvalue weighted by Crippen LogP contribution is 2.23. The number of morpholine rings is 1. The van der Waals surface area contributed by atoms with Crippen LogP contribution in [-0.2, 0) is 9.53 Å². The van der Waals surface area contributed by atoms with Crippen LogP contribution in [0.4, 0.5) is 0 Å². The van der Waals surface area contributed by atoms with Crippen LogP contribution < -0.4 is 0 Å². The summed E-state index contributed by atoms with van der Waals surface area (Å²) in [5.41, 5.74) is -0.452. The first-order chi connectivity index (χ1) is 5.50. The monoisotopic (exact) mass is 171 g/mol. The zero-order valence-corrected chi connectivity index (χ0v) is 8.26. The molecule has 1 aliphatic heterocycles. The zero-order chi connectivity index (χ0) is 9.35. The summed E-state index contributed by atoms with van der Waals surface area (Å²) >= 11 is 0. The minimum absolute atomic E-state index is 0.109. The van der Waals surface area contributed by atoms with E-state index in [1.165, 1.54) is 0 Å². The average Bonchev–Trinajstić information content (AvgIpc) is 1.98. The number of carbonyl (C=O) groups excluding carboxylic acids is 1. The number of cyclic esters (lactones) is 1. The van der Waals surface area contributed by atoms with Gasteiger partial charge >= 0.3 is 5.97 Å². The lowest BCUT2D eigenvalue weighted by Gasteiger charge is -2.43. The second-order valence-electron chi connectivity index (χ2n) is 3.79. The van der Waals surface area contributed by atoms with Gasteiger partial charge in [0.15, 0.2) is 0 Å². The Labute approximate surface area is 73.7 Å². The number of carbonyl (C=O) groups is 1. The lowest BCUT2D eigenvalue weighted by Crippen LogP contribution is -2.60. The van der Waals surface area contributed by atoms with Crippen molar-refractivity contribution in [3.8, 4) is 0 Å². The Balaban J connectivity index is 2.83. The summed E-state index contributed by atoms with van der Waals surface area (Å²) in [4.78, 5) is 13.5. The van der Waals surface area contributed by atoms with Crippen LogP contribution in [0.25, 0.3) is 0 Å². The van der Waals surface area contributed by atoms with Gasteiger partial charge in [-0.2, -0.15) is 0 Å². The van der Waals surface area contributed by atoms with Gasteiger partial charge in [-0.05, 0) is 27.3 Å². The maximum Gasteiger partial charge on any atom is 0.326 e. The van der Waals surface area contributed by atoms with Gasteiger partial charge in [-0.15, -0.1) is 0 Å². The van der Waals surface area contributed by atoms with Crippen LogP contribution in [-0.4, -0.2) is 35.6 Å². The van der Waals surface area contributed by atoms with Gasteiger partial charge < -0.3 is 4.74 Å². The third-order valence-electron chi connectivity index (χ3n) is 2.55.